The number of carboxylic acid groups (broad SMARTS) is 2. The van der Waals surface area contributed by atoms with Crippen molar-refractivity contribution in [3.63, 3.8) is 0 Å². The number of carbonyl (C=O) groups is 2. The van der Waals surface area contributed by atoms with Gasteiger partial charge in [0, 0.05) is 36.1 Å². The number of carboxylic acids is 2. The molecule has 0 aliphatic heterocycles. The number of unbranched alkanes of at least 4 members (excludes halogenated alkanes) is 1. The number of aromatic nitrogens is 1. The number of aryl methyl sites for hydroxylation is 1. The third-order valence-corrected chi connectivity index (χ3v) is 6.36. The van der Waals surface area contributed by atoms with E-state index in [-0.39, 0.29) is 18.7 Å². The standard InChI is InChI=1S/C32H32FNO6/c33-26-7-4-8-28(21-26)40-19-2-1-18-39-27-15-12-23(13-16-27)11-14-24-6-3-9-29-32(24)25(20-31(37)38)22-34(29)17-5-10-30(35)36/h3-4,6-9,11-16,21-22H,1-2,5,10,17-20H2,(H,35,36)(H,37,38)/b14-11+. The van der Waals surface area contributed by atoms with Gasteiger partial charge in [0.25, 0.3) is 0 Å². The van der Waals surface area contributed by atoms with E-state index in [1.54, 1.807) is 12.1 Å². The van der Waals surface area contributed by atoms with E-state index in [0.29, 0.717) is 37.5 Å². The normalized spacial score (nSPS) is 11.2. The summed E-state index contributed by atoms with van der Waals surface area (Å²) in [5, 5.41) is 19.3. The first-order valence-electron chi connectivity index (χ1n) is 13.2. The summed E-state index contributed by atoms with van der Waals surface area (Å²) >= 11 is 0. The Bertz CT molecular complexity index is 1470. The first-order valence-corrected chi connectivity index (χ1v) is 13.2. The van der Waals surface area contributed by atoms with Crippen molar-refractivity contribution in [3.05, 3.63) is 95.4 Å². The van der Waals surface area contributed by atoms with Gasteiger partial charge in [0.2, 0.25) is 0 Å². The summed E-state index contributed by atoms with van der Waals surface area (Å²) in [4.78, 5) is 22.4. The van der Waals surface area contributed by atoms with Crippen molar-refractivity contribution >= 4 is 35.0 Å². The molecule has 1 aromatic heterocycles. The van der Waals surface area contributed by atoms with E-state index in [1.165, 1.54) is 12.1 Å². The Balaban J connectivity index is 1.34. The summed E-state index contributed by atoms with van der Waals surface area (Å²) < 4.78 is 26.5. The molecule has 2 N–H and O–H groups in total. The number of halogens is 1. The molecule has 0 saturated heterocycles. The number of hydrogen-bond acceptors (Lipinski definition) is 4. The number of aliphatic carboxylic acids is 2. The first-order chi connectivity index (χ1) is 19.4. The summed E-state index contributed by atoms with van der Waals surface area (Å²) in [7, 11) is 0. The maximum atomic E-state index is 13.2. The predicted molar refractivity (Wildman–Crippen MR) is 152 cm³/mol. The highest BCUT2D eigenvalue weighted by atomic mass is 19.1. The van der Waals surface area contributed by atoms with Crippen LogP contribution in [0.2, 0.25) is 0 Å². The van der Waals surface area contributed by atoms with Crippen LogP contribution in [0.1, 0.15) is 42.4 Å². The zero-order chi connectivity index (χ0) is 28.3. The van der Waals surface area contributed by atoms with Crippen LogP contribution in [-0.2, 0) is 22.6 Å². The van der Waals surface area contributed by atoms with Gasteiger partial charge in [0.05, 0.1) is 19.6 Å². The molecule has 0 radical (unpaired) electrons. The molecular formula is C32H32FNO6. The van der Waals surface area contributed by atoms with Crippen molar-refractivity contribution < 1.29 is 33.7 Å². The Labute approximate surface area is 232 Å². The molecule has 0 aliphatic carbocycles. The molecule has 8 heteroatoms. The minimum Gasteiger partial charge on any atom is -0.494 e. The third-order valence-electron chi connectivity index (χ3n) is 6.36. The van der Waals surface area contributed by atoms with Gasteiger partial charge in [-0.25, -0.2) is 4.39 Å². The molecule has 0 saturated carbocycles. The molecular weight excluding hydrogens is 513 g/mol. The zero-order valence-electron chi connectivity index (χ0n) is 22.1. The number of ether oxygens (including phenoxy) is 2. The van der Waals surface area contributed by atoms with Crippen LogP contribution in [0, 0.1) is 5.82 Å². The van der Waals surface area contributed by atoms with E-state index in [9.17, 15) is 19.1 Å². The molecule has 0 unspecified atom stereocenters. The van der Waals surface area contributed by atoms with Gasteiger partial charge in [-0.05, 0) is 66.3 Å². The fourth-order valence-electron chi connectivity index (χ4n) is 4.49. The minimum atomic E-state index is -0.918. The van der Waals surface area contributed by atoms with Crippen LogP contribution in [0.25, 0.3) is 23.1 Å². The van der Waals surface area contributed by atoms with Gasteiger partial charge in [0.1, 0.15) is 17.3 Å². The van der Waals surface area contributed by atoms with Crippen LogP contribution >= 0.6 is 0 Å². The number of benzene rings is 3. The van der Waals surface area contributed by atoms with E-state index < -0.39 is 11.9 Å². The lowest BCUT2D eigenvalue weighted by atomic mass is 10.0. The molecule has 0 atom stereocenters. The molecule has 0 amide bonds. The molecule has 3 aromatic carbocycles. The number of hydrogen-bond donors (Lipinski definition) is 2. The van der Waals surface area contributed by atoms with Gasteiger partial charge in [0.15, 0.2) is 0 Å². The molecule has 0 fully saturated rings. The van der Waals surface area contributed by atoms with Gasteiger partial charge < -0.3 is 24.3 Å². The van der Waals surface area contributed by atoms with Crippen LogP contribution in [0.5, 0.6) is 11.5 Å². The number of fused-ring (bicyclic) bond motifs is 1. The monoisotopic (exact) mass is 545 g/mol. The van der Waals surface area contributed by atoms with E-state index in [0.717, 1.165) is 40.6 Å². The highest BCUT2D eigenvalue weighted by Crippen LogP contribution is 2.28. The minimum absolute atomic E-state index is 0.0538. The SMILES string of the molecule is O=C(O)CCCn1cc(CC(=O)O)c2c(/C=C/c3ccc(OCCCCOc4cccc(F)c4)cc3)cccc21. The maximum Gasteiger partial charge on any atom is 0.307 e. The molecule has 0 bridgehead atoms. The second-order valence-electron chi connectivity index (χ2n) is 9.42. The van der Waals surface area contributed by atoms with Crippen LogP contribution in [-0.4, -0.2) is 39.9 Å². The van der Waals surface area contributed by atoms with E-state index in [1.807, 2.05) is 65.4 Å². The van der Waals surface area contributed by atoms with Crippen molar-refractivity contribution in [1.82, 2.24) is 4.57 Å². The average molecular weight is 546 g/mol. The molecule has 40 heavy (non-hydrogen) atoms. The quantitative estimate of drug-likeness (QED) is 0.128. The second kappa shape index (κ2) is 14.0. The van der Waals surface area contributed by atoms with Crippen LogP contribution < -0.4 is 9.47 Å². The Morgan fingerprint density at radius 1 is 0.825 bits per heavy atom. The van der Waals surface area contributed by atoms with Crippen LogP contribution in [0.15, 0.2) is 72.9 Å². The molecule has 4 rings (SSSR count). The summed E-state index contributed by atoms with van der Waals surface area (Å²) in [6.07, 6.45) is 7.73. The zero-order valence-corrected chi connectivity index (χ0v) is 22.1. The van der Waals surface area contributed by atoms with Crippen LogP contribution in [0.3, 0.4) is 0 Å². The predicted octanol–water partition coefficient (Wildman–Crippen LogP) is 6.68. The van der Waals surface area contributed by atoms with Gasteiger partial charge >= 0.3 is 11.9 Å². The highest BCUT2D eigenvalue weighted by Gasteiger charge is 2.14. The average Bonchev–Trinajstić information content (AvgIpc) is 3.27. The summed E-state index contributed by atoms with van der Waals surface area (Å²) in [6.45, 7) is 1.53. The second-order valence-corrected chi connectivity index (χ2v) is 9.42. The Morgan fingerprint density at radius 2 is 1.55 bits per heavy atom. The lowest BCUT2D eigenvalue weighted by molar-refractivity contribution is -0.137. The first kappa shape index (κ1) is 28.4. The van der Waals surface area contributed by atoms with Crippen molar-refractivity contribution in [2.75, 3.05) is 13.2 Å². The van der Waals surface area contributed by atoms with Gasteiger partial charge in [-0.2, -0.15) is 0 Å². The molecule has 0 spiro atoms. The smallest absolute Gasteiger partial charge is 0.307 e. The van der Waals surface area contributed by atoms with E-state index in [2.05, 4.69) is 0 Å². The van der Waals surface area contributed by atoms with E-state index in [4.69, 9.17) is 14.6 Å². The molecule has 7 nitrogen and oxygen atoms in total. The van der Waals surface area contributed by atoms with Crippen LogP contribution in [0.4, 0.5) is 4.39 Å². The van der Waals surface area contributed by atoms with E-state index >= 15 is 0 Å². The van der Waals surface area contributed by atoms with Crippen molar-refractivity contribution in [2.45, 2.75) is 38.6 Å². The lowest BCUT2D eigenvalue weighted by Crippen LogP contribution is -2.02. The fraction of sp³-hybridized carbons (Fsp3) is 0.250. The highest BCUT2D eigenvalue weighted by molar-refractivity contribution is 5.96. The van der Waals surface area contributed by atoms with Crippen molar-refractivity contribution in [1.29, 1.82) is 0 Å². The topological polar surface area (TPSA) is 98.0 Å². The van der Waals surface area contributed by atoms with Crippen molar-refractivity contribution in [2.24, 2.45) is 0 Å². The molecule has 208 valence electrons. The molecule has 4 aromatic rings. The fourth-order valence-corrected chi connectivity index (χ4v) is 4.49. The number of nitrogens with zero attached hydrogens (tertiary/aromatic N) is 1. The maximum absolute atomic E-state index is 13.2. The third kappa shape index (κ3) is 8.20. The molecule has 1 heterocycles. The van der Waals surface area contributed by atoms with Gasteiger partial charge in [-0.3, -0.25) is 9.59 Å². The Kier molecular flexibility index (Phi) is 9.93. The number of rotatable bonds is 15. The Hall–Kier alpha value is -4.59. The summed E-state index contributed by atoms with van der Waals surface area (Å²) in [5.41, 5.74) is 3.44. The Morgan fingerprint density at radius 3 is 2.25 bits per heavy atom. The molecule has 0 aliphatic rings. The summed E-state index contributed by atoms with van der Waals surface area (Å²) in [6, 6.07) is 19.6. The van der Waals surface area contributed by atoms with Gasteiger partial charge in [-0.15, -0.1) is 0 Å². The van der Waals surface area contributed by atoms with Crippen molar-refractivity contribution in [3.8, 4) is 11.5 Å². The largest absolute Gasteiger partial charge is 0.494 e. The van der Waals surface area contributed by atoms with Gasteiger partial charge in [-0.1, -0.05) is 42.5 Å². The lowest BCUT2D eigenvalue weighted by Gasteiger charge is -2.08. The summed E-state index contributed by atoms with van der Waals surface area (Å²) in [5.74, 6) is -0.810.